The molecule has 0 saturated carbocycles. The average Bonchev–Trinajstić information content (AvgIpc) is 1.19. The summed E-state index contributed by atoms with van der Waals surface area (Å²) in [5, 5.41) is 27.1. The van der Waals surface area contributed by atoms with Crippen molar-refractivity contribution in [2.45, 2.75) is 167 Å². The van der Waals surface area contributed by atoms with Gasteiger partial charge in [0.15, 0.2) is 0 Å². The number of benzene rings is 4. The van der Waals surface area contributed by atoms with Gasteiger partial charge in [0.25, 0.3) is 11.8 Å². The summed E-state index contributed by atoms with van der Waals surface area (Å²) in [6.07, 6.45) is 2.57. The van der Waals surface area contributed by atoms with Gasteiger partial charge in [-0.05, 0) is 96.1 Å². The third kappa shape index (κ3) is 16.5. The van der Waals surface area contributed by atoms with Crippen LogP contribution in [0, 0.1) is 5.92 Å². The maximum Gasteiger partial charge on any atom is 0.329 e. The predicted molar refractivity (Wildman–Crippen MR) is 328 cm³/mol. The molecule has 7 amide bonds. The zero-order valence-electron chi connectivity index (χ0n) is 50.1. The molecule has 2 fully saturated rings. The van der Waals surface area contributed by atoms with Gasteiger partial charge in [-0.1, -0.05) is 164 Å². The van der Waals surface area contributed by atoms with Gasteiger partial charge in [0.1, 0.15) is 60.0 Å². The highest BCUT2D eigenvalue weighted by atomic mass is 32.2. The number of carbonyl (C=O) groups excluding carboxylic acids is 8. The van der Waals surface area contributed by atoms with Crippen LogP contribution in [0.4, 0.5) is 0 Å². The van der Waals surface area contributed by atoms with Crippen LogP contribution in [0.2, 0.25) is 5.04 Å². The van der Waals surface area contributed by atoms with Crippen LogP contribution in [0.3, 0.4) is 0 Å². The summed E-state index contributed by atoms with van der Waals surface area (Å²) in [5.41, 5.74) is 0.918. The van der Waals surface area contributed by atoms with Gasteiger partial charge in [0.05, 0.1) is 0 Å². The van der Waals surface area contributed by atoms with Gasteiger partial charge in [-0.2, -0.15) is 11.8 Å². The van der Waals surface area contributed by atoms with Crippen molar-refractivity contribution in [1.82, 2.24) is 36.4 Å². The van der Waals surface area contributed by atoms with Gasteiger partial charge in [0.2, 0.25) is 29.5 Å². The van der Waals surface area contributed by atoms with Gasteiger partial charge in [-0.15, -0.1) is 0 Å². The van der Waals surface area contributed by atoms with Crippen molar-refractivity contribution in [1.29, 1.82) is 0 Å². The summed E-state index contributed by atoms with van der Waals surface area (Å²) >= 11 is 1.45. The molecule has 2 bridgehead atoms. The predicted octanol–water partition coefficient (Wildman–Crippen LogP) is 5.44. The number of rotatable bonds is 19. The van der Waals surface area contributed by atoms with E-state index in [2.05, 4.69) is 71.6 Å². The van der Waals surface area contributed by atoms with Crippen LogP contribution in [-0.4, -0.2) is 138 Å². The smallest absolute Gasteiger partial charge is 0.329 e. The first-order chi connectivity index (χ1) is 40.0. The first kappa shape index (κ1) is 65.9. The van der Waals surface area contributed by atoms with Crippen molar-refractivity contribution < 1.29 is 52.6 Å². The molecule has 84 heavy (non-hydrogen) atoms. The second kappa shape index (κ2) is 30.5. The Bertz CT molecular complexity index is 2890. The normalized spacial score (nSPS) is 22.4. The van der Waals surface area contributed by atoms with Crippen molar-refractivity contribution in [3.8, 4) is 5.75 Å². The summed E-state index contributed by atoms with van der Waals surface area (Å²) in [7, 11) is -1.64. The highest BCUT2D eigenvalue weighted by Crippen LogP contribution is 2.38. The van der Waals surface area contributed by atoms with E-state index < -0.39 is 104 Å². The topological polar surface area (TPSA) is 242 Å². The summed E-state index contributed by atoms with van der Waals surface area (Å²) in [4.78, 5) is 119. The molecule has 2 heterocycles. The van der Waals surface area contributed by atoms with Crippen LogP contribution in [0.1, 0.15) is 111 Å². The molecule has 0 aliphatic carbocycles. The van der Waals surface area contributed by atoms with E-state index in [1.54, 1.807) is 44.2 Å². The lowest BCUT2D eigenvalue weighted by Gasteiger charge is -2.43. The maximum atomic E-state index is 15.5. The Morgan fingerprint density at radius 1 is 0.810 bits per heavy atom. The third-order valence-electron chi connectivity index (χ3n) is 15.6. The van der Waals surface area contributed by atoms with E-state index in [-0.39, 0.29) is 55.2 Å². The summed E-state index contributed by atoms with van der Waals surface area (Å²) < 4.78 is 13.3. The summed E-state index contributed by atoms with van der Waals surface area (Å²) in [5.74, 6) is -5.81. The Morgan fingerprint density at radius 2 is 1.39 bits per heavy atom. The van der Waals surface area contributed by atoms with E-state index >= 15 is 9.59 Å². The van der Waals surface area contributed by atoms with Crippen molar-refractivity contribution >= 4 is 77.8 Å². The van der Waals surface area contributed by atoms with E-state index in [1.807, 2.05) is 73.8 Å². The molecule has 452 valence electrons. The lowest BCUT2D eigenvalue weighted by molar-refractivity contribution is -0.165. The monoisotopic (exact) mass is 1190 g/mol. The largest absolute Gasteiger partial charge is 0.534 e. The van der Waals surface area contributed by atoms with Crippen LogP contribution in [0.5, 0.6) is 5.75 Å². The molecule has 4 aromatic carbocycles. The van der Waals surface area contributed by atoms with Crippen LogP contribution >= 0.6 is 11.8 Å². The molecular weight excluding hydrogens is 1100 g/mol. The van der Waals surface area contributed by atoms with Crippen LogP contribution < -0.4 is 41.4 Å². The number of cyclic esters (lactones) is 1. The molecule has 6 rings (SSSR count). The molecule has 0 aromatic heterocycles. The van der Waals surface area contributed by atoms with Crippen LogP contribution in [0.25, 0.3) is 0 Å². The zero-order chi connectivity index (χ0) is 61.3. The first-order valence-electron chi connectivity index (χ1n) is 29.1. The number of aliphatic hydroxyl groups excluding tert-OH is 1. The van der Waals surface area contributed by atoms with Gasteiger partial charge in [-0.25, -0.2) is 4.79 Å². The highest BCUT2D eigenvalue weighted by Gasteiger charge is 2.52. The number of ether oxygens (including phenoxy) is 1. The van der Waals surface area contributed by atoms with Gasteiger partial charge >= 0.3 is 14.3 Å². The molecule has 4 aromatic rings. The number of unbranched alkanes of at least 4 members (excludes halogenated alkanes) is 2. The van der Waals surface area contributed by atoms with Crippen molar-refractivity contribution in [3.63, 3.8) is 0 Å². The van der Waals surface area contributed by atoms with Gasteiger partial charge < -0.3 is 50.7 Å². The Labute approximate surface area is 500 Å². The standard InChI is InChI=1S/C64H85N7O11SSi/c1-11-13-17-30-53(72)65-49(37-38-83-10)58(75)69-56-42(5)81-63(80)55(41(3)4)68-59(76)51(39-44-31-33-45(34-32-44)82-84(64(6,7)8,46-26-20-15-21-27-46)47-28-22-16-23-29-47)70(9)62(79)52(40-43-24-18-14-19-25-43)71-54(73)36-35-50(61(71)78)67-57(74)48(12-2)66-60(56)77/h12,14-16,18-29,31-34,41-42,49-52,54-56,73H,11,13,17,30,35-40H2,1-10H3,(H,65,72)(H,66,77)(H,67,74)(H,68,76)(H,69,75)/t42-,49+,50+,51+,52+,54-,55+,56+/m1/s1. The number of nitrogens with zero attached hydrogens (tertiary/aromatic N) is 2. The fourth-order valence-corrected chi connectivity index (χ4v) is 15.7. The van der Waals surface area contributed by atoms with E-state index in [0.29, 0.717) is 29.1 Å². The molecule has 0 spiro atoms. The number of carbonyl (C=O) groups is 8. The van der Waals surface area contributed by atoms with E-state index in [9.17, 15) is 33.9 Å². The van der Waals surface area contributed by atoms with Crippen molar-refractivity contribution in [2.24, 2.45) is 5.92 Å². The molecular formula is C64H85N7O11SSi. The zero-order valence-corrected chi connectivity index (χ0v) is 52.0. The number of hydrogen-bond donors (Lipinski definition) is 6. The lowest BCUT2D eigenvalue weighted by Crippen LogP contribution is -2.68. The van der Waals surface area contributed by atoms with Crippen LogP contribution in [0.15, 0.2) is 127 Å². The number of esters is 1. The molecule has 6 N–H and O–H groups in total. The maximum absolute atomic E-state index is 15.5. The third-order valence-corrected chi connectivity index (χ3v) is 21.2. The Hall–Kier alpha value is -7.29. The number of piperidine rings is 1. The number of amides is 7. The number of hydrogen-bond acceptors (Lipinski definition) is 12. The van der Waals surface area contributed by atoms with Gasteiger partial charge in [0, 0.05) is 26.3 Å². The number of aliphatic hydroxyl groups is 1. The molecule has 2 saturated heterocycles. The molecule has 8 atom stereocenters. The SMILES string of the molecule is CC=C1NC(=O)[C@@H](NC(=O)[C@H](CCSC)NC(=O)CCCCC)[C@@H](C)OC(=O)[C@H](C(C)C)NC(=O)[C@H](Cc2ccc(O[Si](c3ccccc3)(c3ccccc3)C(C)(C)C)cc2)N(C)C(=O)[C@H](Cc2ccccc2)N2C(=O)[C@H](CC[C@H]2O)NC1=O. The lowest BCUT2D eigenvalue weighted by atomic mass is 9.95. The number of thioether (sulfide) groups is 1. The molecule has 20 heteroatoms. The van der Waals surface area contributed by atoms with Gasteiger partial charge in [-0.3, -0.25) is 33.6 Å². The highest BCUT2D eigenvalue weighted by molar-refractivity contribution is 7.98. The Morgan fingerprint density at radius 3 is 1.95 bits per heavy atom. The second-order valence-electron chi connectivity index (χ2n) is 23.0. The van der Waals surface area contributed by atoms with E-state index in [0.717, 1.165) is 28.1 Å². The number of allylic oxidation sites excluding steroid dienone is 1. The minimum Gasteiger partial charge on any atom is -0.534 e. The Kier molecular flexibility index (Phi) is 23.9. The average molecular weight is 1190 g/mol. The second-order valence-corrected chi connectivity index (χ2v) is 28.2. The molecule has 2 aliphatic rings. The fraction of sp³-hybridized carbons (Fsp3) is 0.469. The molecule has 0 radical (unpaired) electrons. The number of nitrogens with one attached hydrogen (secondary N) is 5. The first-order valence-corrected chi connectivity index (χ1v) is 32.4. The number of likely N-dealkylation sites (N-methyl/N-ethyl adjacent to an activating group) is 1. The van der Waals surface area contributed by atoms with E-state index in [1.165, 1.54) is 43.6 Å². The summed E-state index contributed by atoms with van der Waals surface area (Å²) in [6, 6.07) is 28.3. The number of fused-ring (bicyclic) bond motifs is 2. The fourth-order valence-electron chi connectivity index (χ4n) is 10.8. The Balaban J connectivity index is 1.43. The molecule has 2 aliphatic heterocycles. The van der Waals surface area contributed by atoms with Crippen LogP contribution in [-0.2, 0) is 55.9 Å². The summed E-state index contributed by atoms with van der Waals surface area (Å²) in [6.45, 7) is 14.7. The van der Waals surface area contributed by atoms with E-state index in [4.69, 9.17) is 9.16 Å². The molecule has 18 nitrogen and oxygen atoms in total. The molecule has 0 unspecified atom stereocenters. The minimum absolute atomic E-state index is 0.0417. The van der Waals surface area contributed by atoms with Crippen molar-refractivity contribution in [3.05, 3.63) is 138 Å². The minimum atomic E-state index is -3.07. The van der Waals surface area contributed by atoms with Crippen molar-refractivity contribution in [2.75, 3.05) is 19.1 Å². The quantitative estimate of drug-likeness (QED) is 0.0298.